The first-order valence-electron chi connectivity index (χ1n) is 4.05. The number of halogens is 3. The van der Waals surface area contributed by atoms with Crippen LogP contribution in [-0.4, -0.2) is 11.0 Å². The first-order valence-corrected chi connectivity index (χ1v) is 4.97. The third-order valence-electron chi connectivity index (χ3n) is 1.63. The van der Waals surface area contributed by atoms with Gasteiger partial charge in [-0.05, 0) is 18.6 Å². The molecule has 0 heterocycles. The maximum Gasteiger partial charge on any atom is 0.141 e. The Hall–Kier alpha value is -0.730. The van der Waals surface area contributed by atoms with Crippen LogP contribution in [0, 0.1) is 5.82 Å². The molecule has 0 saturated carbocycles. The number of benzene rings is 1. The zero-order chi connectivity index (χ0) is 10.6. The van der Waals surface area contributed by atoms with Gasteiger partial charge in [0.15, 0.2) is 0 Å². The maximum absolute atomic E-state index is 12.9. The van der Waals surface area contributed by atoms with E-state index in [2.05, 4.69) is 0 Å². The van der Waals surface area contributed by atoms with E-state index in [1.807, 2.05) is 0 Å². The third kappa shape index (κ3) is 2.89. The van der Waals surface area contributed by atoms with Gasteiger partial charge in [0, 0.05) is 11.4 Å². The van der Waals surface area contributed by atoms with E-state index < -0.39 is 5.82 Å². The Balaban J connectivity index is 2.96. The first-order chi connectivity index (χ1) is 6.65. The van der Waals surface area contributed by atoms with E-state index in [0.29, 0.717) is 17.9 Å². The molecule has 14 heavy (non-hydrogen) atoms. The minimum Gasteiger partial charge on any atom is -0.506 e. The molecule has 0 saturated heterocycles. The first kappa shape index (κ1) is 11.3. The zero-order valence-corrected chi connectivity index (χ0v) is 8.82. The zero-order valence-electron chi connectivity index (χ0n) is 7.30. The van der Waals surface area contributed by atoms with Crippen molar-refractivity contribution in [1.29, 1.82) is 0 Å². The smallest absolute Gasteiger partial charge is 0.141 e. The number of phenols is 1. The molecule has 1 aromatic rings. The van der Waals surface area contributed by atoms with Crippen LogP contribution < -0.4 is 0 Å². The van der Waals surface area contributed by atoms with Gasteiger partial charge in [-0.15, -0.1) is 11.6 Å². The van der Waals surface area contributed by atoms with Crippen molar-refractivity contribution in [3.63, 3.8) is 0 Å². The van der Waals surface area contributed by atoms with Crippen molar-refractivity contribution >= 4 is 29.3 Å². The molecule has 0 aliphatic heterocycles. The van der Waals surface area contributed by atoms with Crippen LogP contribution in [0.15, 0.2) is 18.2 Å². The second kappa shape index (κ2) is 5.23. The molecule has 0 radical (unpaired) electrons. The second-order valence-electron chi connectivity index (χ2n) is 2.71. The average molecular weight is 235 g/mol. The van der Waals surface area contributed by atoms with Crippen molar-refractivity contribution in [2.24, 2.45) is 0 Å². The van der Waals surface area contributed by atoms with E-state index in [0.717, 1.165) is 6.07 Å². The Morgan fingerprint density at radius 2 is 2.14 bits per heavy atom. The van der Waals surface area contributed by atoms with Gasteiger partial charge in [0.2, 0.25) is 0 Å². The minimum atomic E-state index is -0.474. The molecule has 0 amide bonds. The molecule has 0 aromatic heterocycles. The summed E-state index contributed by atoms with van der Waals surface area (Å²) in [6, 6.07) is 2.28. The summed E-state index contributed by atoms with van der Waals surface area (Å²) in [6.07, 6.45) is 4.00. The number of allylic oxidation sites excluding steroid dienone is 1. The third-order valence-corrected chi connectivity index (χ3v) is 2.14. The van der Waals surface area contributed by atoms with Gasteiger partial charge in [-0.25, -0.2) is 4.39 Å². The van der Waals surface area contributed by atoms with E-state index in [-0.39, 0.29) is 10.8 Å². The van der Waals surface area contributed by atoms with Crippen LogP contribution in [-0.2, 0) is 0 Å². The highest BCUT2D eigenvalue weighted by Crippen LogP contribution is 2.29. The summed E-state index contributed by atoms with van der Waals surface area (Å²) in [6.45, 7) is 0. The van der Waals surface area contributed by atoms with Crippen LogP contribution >= 0.6 is 23.2 Å². The van der Waals surface area contributed by atoms with Gasteiger partial charge in [0.25, 0.3) is 0 Å². The Bertz CT molecular complexity index is 350. The lowest BCUT2D eigenvalue weighted by Gasteiger charge is -2.01. The predicted octanol–water partition coefficient (Wildman–Crippen LogP) is 3.83. The highest BCUT2D eigenvalue weighted by molar-refractivity contribution is 6.32. The van der Waals surface area contributed by atoms with E-state index in [1.165, 1.54) is 6.07 Å². The summed E-state index contributed by atoms with van der Waals surface area (Å²) >= 11 is 11.0. The largest absolute Gasteiger partial charge is 0.506 e. The molecular formula is C10H9Cl2FO. The lowest BCUT2D eigenvalue weighted by atomic mass is 10.1. The Labute approximate surface area is 91.8 Å². The topological polar surface area (TPSA) is 20.2 Å². The Kier molecular flexibility index (Phi) is 4.23. The van der Waals surface area contributed by atoms with Gasteiger partial charge in [0.1, 0.15) is 11.6 Å². The van der Waals surface area contributed by atoms with E-state index >= 15 is 0 Å². The number of phenolic OH excluding ortho intramolecular Hbond substituents is 1. The van der Waals surface area contributed by atoms with Crippen molar-refractivity contribution in [3.05, 3.63) is 34.6 Å². The molecule has 1 aromatic carbocycles. The molecule has 1 N–H and O–H groups in total. The molecule has 0 fully saturated rings. The normalized spacial score (nSPS) is 11.1. The van der Waals surface area contributed by atoms with Crippen LogP contribution in [0.25, 0.3) is 6.08 Å². The summed E-state index contributed by atoms with van der Waals surface area (Å²) in [7, 11) is 0. The number of hydrogen-bond acceptors (Lipinski definition) is 1. The molecule has 1 nitrogen and oxygen atoms in total. The molecule has 0 unspecified atom stereocenters. The standard InChI is InChI=1S/C10H9Cl2FO/c11-4-2-1-3-7-5-8(13)6-9(12)10(7)14/h1,3,5-6,14H,2,4H2. The van der Waals surface area contributed by atoms with Crippen molar-refractivity contribution in [2.75, 3.05) is 5.88 Å². The van der Waals surface area contributed by atoms with Crippen LogP contribution in [0.5, 0.6) is 5.75 Å². The molecule has 1 rings (SSSR count). The summed E-state index contributed by atoms with van der Waals surface area (Å²) in [5, 5.41) is 9.45. The van der Waals surface area contributed by atoms with Gasteiger partial charge < -0.3 is 5.11 Å². The van der Waals surface area contributed by atoms with Gasteiger partial charge in [-0.3, -0.25) is 0 Å². The van der Waals surface area contributed by atoms with Crippen molar-refractivity contribution < 1.29 is 9.50 Å². The van der Waals surface area contributed by atoms with E-state index in [9.17, 15) is 9.50 Å². The fourth-order valence-corrected chi connectivity index (χ4v) is 1.33. The highest BCUT2D eigenvalue weighted by Gasteiger charge is 2.05. The lowest BCUT2D eigenvalue weighted by Crippen LogP contribution is -1.81. The van der Waals surface area contributed by atoms with Crippen molar-refractivity contribution in [2.45, 2.75) is 6.42 Å². The second-order valence-corrected chi connectivity index (χ2v) is 3.49. The van der Waals surface area contributed by atoms with Crippen LogP contribution in [0.1, 0.15) is 12.0 Å². The summed E-state index contributed by atoms with van der Waals surface area (Å²) < 4.78 is 12.9. The summed E-state index contributed by atoms with van der Waals surface area (Å²) in [5.74, 6) is -0.0995. The van der Waals surface area contributed by atoms with Crippen molar-refractivity contribution in [3.8, 4) is 5.75 Å². The van der Waals surface area contributed by atoms with Crippen LogP contribution in [0.2, 0.25) is 5.02 Å². The number of alkyl halides is 1. The average Bonchev–Trinajstić information content (AvgIpc) is 2.13. The highest BCUT2D eigenvalue weighted by atomic mass is 35.5. The number of aromatic hydroxyl groups is 1. The fourth-order valence-electron chi connectivity index (χ4n) is 0.986. The fraction of sp³-hybridized carbons (Fsp3) is 0.200. The van der Waals surface area contributed by atoms with E-state index in [4.69, 9.17) is 23.2 Å². The number of rotatable bonds is 3. The van der Waals surface area contributed by atoms with Gasteiger partial charge in [-0.2, -0.15) is 0 Å². The molecule has 0 aliphatic carbocycles. The monoisotopic (exact) mass is 234 g/mol. The van der Waals surface area contributed by atoms with Gasteiger partial charge >= 0.3 is 0 Å². The van der Waals surface area contributed by atoms with Crippen LogP contribution in [0.4, 0.5) is 4.39 Å². The van der Waals surface area contributed by atoms with E-state index in [1.54, 1.807) is 12.2 Å². The Morgan fingerprint density at radius 3 is 2.79 bits per heavy atom. The summed E-state index contributed by atoms with van der Waals surface area (Å²) in [5.41, 5.74) is 0.361. The van der Waals surface area contributed by atoms with Crippen molar-refractivity contribution in [1.82, 2.24) is 0 Å². The van der Waals surface area contributed by atoms with Crippen LogP contribution in [0.3, 0.4) is 0 Å². The Morgan fingerprint density at radius 1 is 1.43 bits per heavy atom. The molecule has 0 bridgehead atoms. The molecule has 4 heteroatoms. The summed E-state index contributed by atoms with van der Waals surface area (Å²) in [4.78, 5) is 0. The minimum absolute atomic E-state index is 0.00974. The van der Waals surface area contributed by atoms with Gasteiger partial charge in [0.05, 0.1) is 5.02 Å². The van der Waals surface area contributed by atoms with Gasteiger partial charge in [-0.1, -0.05) is 23.8 Å². The SMILES string of the molecule is Oc1c(Cl)cc(F)cc1C=CCCCl. The molecule has 0 spiro atoms. The lowest BCUT2D eigenvalue weighted by molar-refractivity contribution is 0.472. The molecular weight excluding hydrogens is 226 g/mol. The maximum atomic E-state index is 12.9. The predicted molar refractivity (Wildman–Crippen MR) is 57.4 cm³/mol. The molecule has 0 atom stereocenters. The quantitative estimate of drug-likeness (QED) is 0.789. The molecule has 76 valence electrons. The number of hydrogen-bond donors (Lipinski definition) is 1. The molecule has 0 aliphatic rings.